The monoisotopic (exact) mass is 161 g/mol. The number of carbonyl (C=O) groups excluding carboxylic acids is 1. The van der Waals surface area contributed by atoms with Gasteiger partial charge < -0.3 is 15.6 Å². The molecule has 11 heavy (non-hydrogen) atoms. The van der Waals surface area contributed by atoms with Crippen molar-refractivity contribution < 1.29 is 14.6 Å². The first kappa shape index (κ1) is 10.4. The van der Waals surface area contributed by atoms with Crippen LogP contribution < -0.4 is 5.73 Å². The zero-order valence-corrected chi connectivity index (χ0v) is 7.13. The Kier molecular flexibility index (Phi) is 3.48. The smallest absolute Gasteiger partial charge is 0.336 e. The lowest BCUT2D eigenvalue weighted by Crippen LogP contribution is -2.36. The van der Waals surface area contributed by atoms with Crippen molar-refractivity contribution in [1.82, 2.24) is 0 Å². The van der Waals surface area contributed by atoms with Crippen LogP contribution in [-0.4, -0.2) is 29.3 Å². The van der Waals surface area contributed by atoms with E-state index in [0.717, 1.165) is 0 Å². The van der Waals surface area contributed by atoms with E-state index in [0.29, 0.717) is 0 Å². The van der Waals surface area contributed by atoms with Gasteiger partial charge in [0.1, 0.15) is 5.60 Å². The van der Waals surface area contributed by atoms with E-state index in [9.17, 15) is 4.79 Å². The molecular formula is C7H15NO3. The molecule has 0 aromatic rings. The molecule has 0 saturated carbocycles. The van der Waals surface area contributed by atoms with Crippen molar-refractivity contribution in [1.29, 1.82) is 0 Å². The molecule has 0 rings (SSSR count). The molecule has 0 unspecified atom stereocenters. The maximum absolute atomic E-state index is 10.8. The number of nitrogens with two attached hydrogens (primary N) is 1. The molecule has 4 nitrogen and oxygen atoms in total. The summed E-state index contributed by atoms with van der Waals surface area (Å²) in [7, 11) is 0. The third-order valence-electron chi connectivity index (χ3n) is 0.902. The second kappa shape index (κ2) is 3.69. The van der Waals surface area contributed by atoms with Gasteiger partial charge in [0.2, 0.25) is 0 Å². The Balaban J connectivity index is 3.88. The van der Waals surface area contributed by atoms with Gasteiger partial charge in [0.15, 0.2) is 6.10 Å². The number of aliphatic hydroxyl groups is 1. The summed E-state index contributed by atoms with van der Waals surface area (Å²) in [5, 5.41) is 8.89. The summed E-state index contributed by atoms with van der Waals surface area (Å²) in [6, 6.07) is 0. The molecule has 0 aliphatic rings. The average molecular weight is 161 g/mol. The predicted octanol–water partition coefficient (Wildman–Crippen LogP) is -0.352. The Bertz CT molecular complexity index is 139. The standard InChI is InChI=1S/C7H15NO3/c1-7(2,3)11-6(10)5(9)4-8/h5,9H,4,8H2,1-3H3/t5-/m0/s1. The molecule has 1 atom stereocenters. The first-order chi connectivity index (χ1) is 4.87. The average Bonchev–Trinajstić information content (AvgIpc) is 1.82. The molecule has 0 amide bonds. The van der Waals surface area contributed by atoms with Gasteiger partial charge in [-0.05, 0) is 20.8 Å². The van der Waals surface area contributed by atoms with Gasteiger partial charge in [-0.15, -0.1) is 0 Å². The molecule has 0 bridgehead atoms. The fraction of sp³-hybridized carbons (Fsp3) is 0.857. The van der Waals surface area contributed by atoms with Crippen molar-refractivity contribution >= 4 is 5.97 Å². The van der Waals surface area contributed by atoms with Gasteiger partial charge in [0.25, 0.3) is 0 Å². The number of esters is 1. The van der Waals surface area contributed by atoms with E-state index in [1.54, 1.807) is 20.8 Å². The number of ether oxygens (including phenoxy) is 1. The minimum absolute atomic E-state index is 0.102. The summed E-state index contributed by atoms with van der Waals surface area (Å²) in [5.41, 5.74) is 4.48. The summed E-state index contributed by atoms with van der Waals surface area (Å²) in [6.45, 7) is 5.09. The van der Waals surface area contributed by atoms with E-state index in [2.05, 4.69) is 0 Å². The summed E-state index contributed by atoms with van der Waals surface area (Å²) < 4.78 is 4.82. The Morgan fingerprint density at radius 1 is 1.64 bits per heavy atom. The number of hydrogen-bond acceptors (Lipinski definition) is 4. The van der Waals surface area contributed by atoms with Gasteiger partial charge in [-0.1, -0.05) is 0 Å². The maximum atomic E-state index is 10.8. The highest BCUT2D eigenvalue weighted by atomic mass is 16.6. The van der Waals surface area contributed by atoms with Crippen molar-refractivity contribution in [3.05, 3.63) is 0 Å². The minimum Gasteiger partial charge on any atom is -0.458 e. The summed E-state index contributed by atoms with van der Waals surface area (Å²) in [6.07, 6.45) is -1.20. The predicted molar refractivity (Wildman–Crippen MR) is 40.9 cm³/mol. The van der Waals surface area contributed by atoms with Crippen LogP contribution in [0.3, 0.4) is 0 Å². The molecule has 0 aliphatic carbocycles. The van der Waals surface area contributed by atoms with Gasteiger partial charge in [-0.3, -0.25) is 0 Å². The highest BCUT2D eigenvalue weighted by Gasteiger charge is 2.21. The fourth-order valence-corrected chi connectivity index (χ4v) is 0.466. The molecule has 0 aliphatic heterocycles. The van der Waals surface area contributed by atoms with Gasteiger partial charge >= 0.3 is 5.97 Å². The largest absolute Gasteiger partial charge is 0.458 e. The van der Waals surface area contributed by atoms with Gasteiger partial charge in [-0.25, -0.2) is 4.79 Å². The van der Waals surface area contributed by atoms with Crippen LogP contribution >= 0.6 is 0 Å². The topological polar surface area (TPSA) is 72.5 Å². The number of aliphatic hydroxyl groups excluding tert-OH is 1. The summed E-state index contributed by atoms with van der Waals surface area (Å²) >= 11 is 0. The van der Waals surface area contributed by atoms with Crippen LogP contribution in [0.1, 0.15) is 20.8 Å². The fourth-order valence-electron chi connectivity index (χ4n) is 0.466. The van der Waals surface area contributed by atoms with E-state index in [-0.39, 0.29) is 6.54 Å². The normalized spacial score (nSPS) is 14.3. The summed E-state index contributed by atoms with van der Waals surface area (Å²) in [5.74, 6) is -0.667. The molecular weight excluding hydrogens is 146 g/mol. The quantitative estimate of drug-likeness (QED) is 0.543. The number of hydrogen-bond donors (Lipinski definition) is 2. The molecule has 0 spiro atoms. The van der Waals surface area contributed by atoms with Gasteiger partial charge in [-0.2, -0.15) is 0 Å². The molecule has 0 aromatic carbocycles. The van der Waals surface area contributed by atoms with Crippen LogP contribution in [0.25, 0.3) is 0 Å². The first-order valence-electron chi connectivity index (χ1n) is 3.48. The Morgan fingerprint density at radius 2 is 2.09 bits per heavy atom. The lowest BCUT2D eigenvalue weighted by Gasteiger charge is -2.20. The lowest BCUT2D eigenvalue weighted by molar-refractivity contribution is -0.164. The van der Waals surface area contributed by atoms with Crippen LogP contribution in [0, 0.1) is 0 Å². The molecule has 0 fully saturated rings. The first-order valence-corrected chi connectivity index (χ1v) is 3.48. The third kappa shape index (κ3) is 4.75. The van der Waals surface area contributed by atoms with Crippen LogP contribution in [0.4, 0.5) is 0 Å². The molecule has 0 heterocycles. The van der Waals surface area contributed by atoms with Crippen molar-refractivity contribution in [3.8, 4) is 0 Å². The van der Waals surface area contributed by atoms with Crippen molar-refractivity contribution in [2.24, 2.45) is 5.73 Å². The van der Waals surface area contributed by atoms with Crippen LogP contribution in [0.2, 0.25) is 0 Å². The number of carbonyl (C=O) groups is 1. The van der Waals surface area contributed by atoms with Crippen molar-refractivity contribution in [2.45, 2.75) is 32.5 Å². The second-order valence-corrected chi connectivity index (χ2v) is 3.28. The van der Waals surface area contributed by atoms with E-state index >= 15 is 0 Å². The van der Waals surface area contributed by atoms with Crippen molar-refractivity contribution in [3.63, 3.8) is 0 Å². The second-order valence-electron chi connectivity index (χ2n) is 3.28. The van der Waals surface area contributed by atoms with Gasteiger partial charge in [0, 0.05) is 6.54 Å². The number of rotatable bonds is 2. The van der Waals surface area contributed by atoms with Crippen LogP contribution in [-0.2, 0) is 9.53 Å². The SMILES string of the molecule is CC(C)(C)OC(=O)[C@@H](O)CN. The highest BCUT2D eigenvalue weighted by Crippen LogP contribution is 2.07. The zero-order valence-electron chi connectivity index (χ0n) is 7.13. The minimum atomic E-state index is -1.20. The highest BCUT2D eigenvalue weighted by molar-refractivity contribution is 5.74. The van der Waals surface area contributed by atoms with E-state index in [1.807, 2.05) is 0 Å². The van der Waals surface area contributed by atoms with Crippen LogP contribution in [0.5, 0.6) is 0 Å². The zero-order chi connectivity index (χ0) is 9.07. The van der Waals surface area contributed by atoms with E-state index in [1.165, 1.54) is 0 Å². The molecule has 0 radical (unpaired) electrons. The molecule has 3 N–H and O–H groups in total. The molecule has 0 saturated heterocycles. The maximum Gasteiger partial charge on any atom is 0.336 e. The Morgan fingerprint density at radius 3 is 2.36 bits per heavy atom. The Hall–Kier alpha value is -0.610. The van der Waals surface area contributed by atoms with E-state index in [4.69, 9.17) is 15.6 Å². The van der Waals surface area contributed by atoms with Gasteiger partial charge in [0.05, 0.1) is 0 Å². The molecule has 4 heteroatoms. The lowest BCUT2D eigenvalue weighted by atomic mass is 10.2. The van der Waals surface area contributed by atoms with Crippen molar-refractivity contribution in [2.75, 3.05) is 6.54 Å². The summed E-state index contributed by atoms with van der Waals surface area (Å²) in [4.78, 5) is 10.8. The van der Waals surface area contributed by atoms with Crippen LogP contribution in [0.15, 0.2) is 0 Å². The third-order valence-corrected chi connectivity index (χ3v) is 0.902. The molecule has 0 aromatic heterocycles. The van der Waals surface area contributed by atoms with E-state index < -0.39 is 17.7 Å². The Labute approximate surface area is 66.3 Å². The molecule has 66 valence electrons.